The second-order valence-corrected chi connectivity index (χ2v) is 9.25. The zero-order valence-corrected chi connectivity index (χ0v) is 19.7. The lowest BCUT2D eigenvalue weighted by molar-refractivity contribution is 0.313. The molecule has 1 saturated heterocycles. The molecule has 4 aromatic heterocycles. The van der Waals surface area contributed by atoms with Gasteiger partial charge in [-0.05, 0) is 36.9 Å². The molecule has 0 amide bonds. The van der Waals surface area contributed by atoms with Gasteiger partial charge in [-0.15, -0.1) is 0 Å². The van der Waals surface area contributed by atoms with E-state index in [1.165, 1.54) is 11.1 Å². The molecule has 6 rings (SSSR count). The maximum absolute atomic E-state index is 4.67. The van der Waals surface area contributed by atoms with Crippen LogP contribution in [0.15, 0.2) is 55.1 Å². The number of hydrogen-bond acceptors (Lipinski definition) is 6. The van der Waals surface area contributed by atoms with Gasteiger partial charge in [0.25, 0.3) is 0 Å². The Labute approximate surface area is 198 Å². The molecule has 5 aromatic rings. The monoisotopic (exact) mass is 452 g/mol. The Morgan fingerprint density at radius 2 is 1.65 bits per heavy atom. The Morgan fingerprint density at radius 1 is 0.824 bits per heavy atom. The van der Waals surface area contributed by atoms with Crippen molar-refractivity contribution in [2.24, 2.45) is 0 Å². The van der Waals surface area contributed by atoms with Crippen molar-refractivity contribution in [2.75, 3.05) is 57.1 Å². The molecule has 8 nitrogen and oxygen atoms in total. The maximum atomic E-state index is 4.67. The zero-order valence-electron chi connectivity index (χ0n) is 19.7. The average Bonchev–Trinajstić information content (AvgIpc) is 3.48. The van der Waals surface area contributed by atoms with Crippen LogP contribution in [0, 0.1) is 0 Å². The molecule has 0 bridgehead atoms. The largest absolute Gasteiger partial charge is 0.376 e. The summed E-state index contributed by atoms with van der Waals surface area (Å²) in [7, 11) is 6.23. The van der Waals surface area contributed by atoms with E-state index in [2.05, 4.69) is 77.2 Å². The predicted molar refractivity (Wildman–Crippen MR) is 138 cm³/mol. The van der Waals surface area contributed by atoms with Gasteiger partial charge in [0.15, 0.2) is 0 Å². The minimum Gasteiger partial charge on any atom is -0.376 e. The third-order valence-electron chi connectivity index (χ3n) is 6.76. The number of nitrogens with one attached hydrogen (secondary N) is 2. The number of likely N-dealkylation sites (N-methyl/N-ethyl adjacent to an activating group) is 1. The molecule has 8 heteroatoms. The van der Waals surface area contributed by atoms with Gasteiger partial charge < -0.3 is 19.7 Å². The van der Waals surface area contributed by atoms with E-state index < -0.39 is 0 Å². The molecule has 1 aliphatic heterocycles. The number of aromatic amines is 2. The minimum atomic E-state index is 0.911. The topological polar surface area (TPSA) is 80.0 Å². The molecule has 0 spiro atoms. The molecule has 5 heterocycles. The van der Waals surface area contributed by atoms with Crippen molar-refractivity contribution >= 4 is 33.2 Å². The molecule has 0 radical (unpaired) electrons. The smallest absolute Gasteiger partial charge is 0.116 e. The van der Waals surface area contributed by atoms with Crippen molar-refractivity contribution in [3.63, 3.8) is 0 Å². The lowest BCUT2D eigenvalue weighted by Crippen LogP contribution is -2.44. The maximum Gasteiger partial charge on any atom is 0.116 e. The Morgan fingerprint density at radius 3 is 2.47 bits per heavy atom. The van der Waals surface area contributed by atoms with Crippen molar-refractivity contribution in [1.29, 1.82) is 0 Å². The van der Waals surface area contributed by atoms with E-state index in [0.717, 1.165) is 70.8 Å². The first-order valence-electron chi connectivity index (χ1n) is 11.6. The number of anilines is 2. The normalized spacial score (nSPS) is 14.9. The average molecular weight is 453 g/mol. The minimum absolute atomic E-state index is 0.911. The number of hydrogen-bond donors (Lipinski definition) is 2. The van der Waals surface area contributed by atoms with Crippen LogP contribution in [0.1, 0.15) is 0 Å². The molecule has 1 aliphatic rings. The van der Waals surface area contributed by atoms with Gasteiger partial charge in [0.05, 0.1) is 46.7 Å². The summed E-state index contributed by atoms with van der Waals surface area (Å²) in [6.07, 6.45) is 7.67. The highest BCUT2D eigenvalue weighted by atomic mass is 15.3. The van der Waals surface area contributed by atoms with Gasteiger partial charge in [0, 0.05) is 62.8 Å². The van der Waals surface area contributed by atoms with Crippen LogP contribution in [0.3, 0.4) is 0 Å². The quantitative estimate of drug-likeness (QED) is 0.429. The van der Waals surface area contributed by atoms with Crippen LogP contribution in [0.25, 0.3) is 44.3 Å². The van der Waals surface area contributed by atoms with Crippen molar-refractivity contribution in [3.8, 4) is 22.5 Å². The summed E-state index contributed by atoms with van der Waals surface area (Å²) < 4.78 is 0. The first-order chi connectivity index (χ1) is 16.6. The van der Waals surface area contributed by atoms with Gasteiger partial charge in [0.1, 0.15) is 5.69 Å². The lowest BCUT2D eigenvalue weighted by Gasteiger charge is -2.34. The van der Waals surface area contributed by atoms with Crippen LogP contribution in [0.4, 0.5) is 11.4 Å². The lowest BCUT2D eigenvalue weighted by atomic mass is 10.0. The van der Waals surface area contributed by atoms with E-state index in [4.69, 9.17) is 0 Å². The predicted octanol–water partition coefficient (Wildman–Crippen LogP) is 3.99. The standard InChI is InChI=1S/C26H28N8/c1-32(2)19-10-18(13-27-14-19)17-4-5-22-21(11-17)26(31-30-22)23-12-20-24(29-23)15-28-16-25(20)34-8-6-33(3)7-9-34/h4-5,10-16,29H,6-9H2,1-3H3,(H,30,31). The van der Waals surface area contributed by atoms with Gasteiger partial charge >= 0.3 is 0 Å². The fourth-order valence-electron chi connectivity index (χ4n) is 4.69. The molecule has 2 N–H and O–H groups in total. The van der Waals surface area contributed by atoms with Crippen LogP contribution in [-0.4, -0.2) is 77.4 Å². The Bertz CT molecular complexity index is 1470. The molecular formula is C26H28N8. The summed E-state index contributed by atoms with van der Waals surface area (Å²) >= 11 is 0. The van der Waals surface area contributed by atoms with Gasteiger partial charge in [-0.1, -0.05) is 6.07 Å². The van der Waals surface area contributed by atoms with Crippen molar-refractivity contribution < 1.29 is 0 Å². The number of benzene rings is 1. The number of rotatable bonds is 4. The van der Waals surface area contributed by atoms with Gasteiger partial charge in [-0.2, -0.15) is 5.10 Å². The van der Waals surface area contributed by atoms with E-state index in [1.54, 1.807) is 0 Å². The molecule has 34 heavy (non-hydrogen) atoms. The summed E-state index contributed by atoms with van der Waals surface area (Å²) in [5, 5.41) is 10.1. The van der Waals surface area contributed by atoms with Crippen LogP contribution in [0.5, 0.6) is 0 Å². The second-order valence-electron chi connectivity index (χ2n) is 9.25. The van der Waals surface area contributed by atoms with Crippen LogP contribution >= 0.6 is 0 Å². The summed E-state index contributed by atoms with van der Waals surface area (Å²) in [4.78, 5) is 19.4. The van der Waals surface area contributed by atoms with Crippen molar-refractivity contribution in [3.05, 3.63) is 55.1 Å². The van der Waals surface area contributed by atoms with Gasteiger partial charge in [0.2, 0.25) is 0 Å². The molecular weight excluding hydrogens is 424 g/mol. The van der Waals surface area contributed by atoms with Crippen LogP contribution in [-0.2, 0) is 0 Å². The van der Waals surface area contributed by atoms with Gasteiger partial charge in [-0.3, -0.25) is 15.1 Å². The highest BCUT2D eigenvalue weighted by Crippen LogP contribution is 2.35. The fourth-order valence-corrected chi connectivity index (χ4v) is 4.69. The van der Waals surface area contributed by atoms with Gasteiger partial charge in [-0.25, -0.2) is 0 Å². The first kappa shape index (κ1) is 20.7. The first-order valence-corrected chi connectivity index (χ1v) is 11.6. The number of nitrogens with zero attached hydrogens (tertiary/aromatic N) is 6. The molecule has 0 atom stereocenters. The molecule has 1 fully saturated rings. The number of pyridine rings is 2. The van der Waals surface area contributed by atoms with Crippen LogP contribution in [0.2, 0.25) is 0 Å². The molecule has 0 unspecified atom stereocenters. The van der Waals surface area contributed by atoms with Crippen LogP contribution < -0.4 is 9.80 Å². The van der Waals surface area contributed by atoms with Crippen molar-refractivity contribution in [2.45, 2.75) is 0 Å². The summed E-state index contributed by atoms with van der Waals surface area (Å²) in [5.74, 6) is 0. The molecule has 0 saturated carbocycles. The highest BCUT2D eigenvalue weighted by molar-refractivity contribution is 6.00. The van der Waals surface area contributed by atoms with E-state index in [-0.39, 0.29) is 0 Å². The summed E-state index contributed by atoms with van der Waals surface area (Å²) in [5.41, 5.74) is 8.38. The Hall–Kier alpha value is -3.91. The third-order valence-corrected chi connectivity index (χ3v) is 6.76. The third kappa shape index (κ3) is 3.56. The summed E-state index contributed by atoms with van der Waals surface area (Å²) in [6.45, 7) is 4.13. The van der Waals surface area contributed by atoms with E-state index in [1.807, 2.05) is 38.9 Å². The number of piperazine rings is 1. The van der Waals surface area contributed by atoms with E-state index in [9.17, 15) is 0 Å². The molecule has 0 aliphatic carbocycles. The Balaban J connectivity index is 1.42. The Kier molecular flexibility index (Phi) is 4.95. The summed E-state index contributed by atoms with van der Waals surface area (Å²) in [6, 6.07) is 10.8. The number of H-pyrrole nitrogens is 2. The molecule has 172 valence electrons. The van der Waals surface area contributed by atoms with E-state index in [0.29, 0.717) is 0 Å². The SMILES string of the molecule is CN1CCN(c2cncc3[nH]c(-c4n[nH]c5ccc(-c6cncc(N(C)C)c6)cc45)cc23)CC1. The second kappa shape index (κ2) is 8.14. The fraction of sp³-hybridized carbons (Fsp3) is 0.269. The number of fused-ring (bicyclic) bond motifs is 2. The number of aromatic nitrogens is 5. The zero-order chi connectivity index (χ0) is 23.2. The highest BCUT2D eigenvalue weighted by Gasteiger charge is 2.19. The van der Waals surface area contributed by atoms with E-state index >= 15 is 0 Å². The van der Waals surface area contributed by atoms with Crippen molar-refractivity contribution in [1.82, 2.24) is 30.0 Å². The molecule has 1 aromatic carbocycles.